The van der Waals surface area contributed by atoms with Crippen LogP contribution in [0.4, 0.5) is 0 Å². The van der Waals surface area contributed by atoms with E-state index in [0.717, 1.165) is 31.7 Å². The molecule has 2 fully saturated rings. The van der Waals surface area contributed by atoms with Crippen LogP contribution >= 0.6 is 0 Å². The highest BCUT2D eigenvalue weighted by Crippen LogP contribution is 2.33. The summed E-state index contributed by atoms with van der Waals surface area (Å²) in [4.78, 5) is 34.8. The fraction of sp³-hybridized carbons (Fsp3) is 0.565. The van der Waals surface area contributed by atoms with E-state index >= 15 is 0 Å². The zero-order valence-corrected chi connectivity index (χ0v) is 18.7. The number of amides is 2. The molecule has 9 nitrogen and oxygen atoms in total. The molecule has 0 saturated carbocycles. The maximum Gasteiger partial charge on any atom is 0.277 e. The van der Waals surface area contributed by atoms with Gasteiger partial charge in [0.2, 0.25) is 0 Å². The molecule has 3 aliphatic heterocycles. The highest BCUT2D eigenvalue weighted by atomic mass is 16.5. The van der Waals surface area contributed by atoms with Gasteiger partial charge in [0, 0.05) is 58.9 Å². The van der Waals surface area contributed by atoms with Crippen molar-refractivity contribution in [3.8, 4) is 5.75 Å². The summed E-state index contributed by atoms with van der Waals surface area (Å²) >= 11 is 0. The number of methoxy groups -OCH3 is 1. The number of rotatable bonds is 8. The molecule has 0 atom stereocenters. The minimum atomic E-state index is -0.235. The Balaban J connectivity index is 1.57. The number of ether oxygens (including phenoxy) is 2. The molecule has 1 aromatic carbocycles. The third-order valence-corrected chi connectivity index (χ3v) is 6.37. The number of aliphatic hydroxyl groups excluding tert-OH is 1. The van der Waals surface area contributed by atoms with Gasteiger partial charge in [-0.15, -0.1) is 0 Å². The monoisotopic (exact) mass is 444 g/mol. The van der Waals surface area contributed by atoms with Crippen LogP contribution in [-0.2, 0) is 14.3 Å². The number of imide groups is 1. The summed E-state index contributed by atoms with van der Waals surface area (Å²) in [6, 6.07) is 7.31. The van der Waals surface area contributed by atoms with Crippen molar-refractivity contribution in [2.75, 3.05) is 85.8 Å². The summed E-state index contributed by atoms with van der Waals surface area (Å²) < 4.78 is 10.7. The summed E-state index contributed by atoms with van der Waals surface area (Å²) in [6.45, 7) is 7.52. The second kappa shape index (κ2) is 10.4. The van der Waals surface area contributed by atoms with Crippen molar-refractivity contribution in [1.82, 2.24) is 19.6 Å². The predicted molar refractivity (Wildman–Crippen MR) is 119 cm³/mol. The Morgan fingerprint density at radius 3 is 2.16 bits per heavy atom. The summed E-state index contributed by atoms with van der Waals surface area (Å²) in [5.74, 6) is 0.250. The topological polar surface area (TPSA) is 85.8 Å². The number of aliphatic hydroxyl groups is 1. The Morgan fingerprint density at radius 2 is 1.53 bits per heavy atom. The molecule has 9 heteroatoms. The van der Waals surface area contributed by atoms with Gasteiger partial charge in [-0.1, -0.05) is 12.1 Å². The third kappa shape index (κ3) is 4.80. The second-order valence-electron chi connectivity index (χ2n) is 8.22. The van der Waals surface area contributed by atoms with Crippen molar-refractivity contribution < 1.29 is 24.2 Å². The van der Waals surface area contributed by atoms with E-state index in [2.05, 4.69) is 9.80 Å². The largest absolute Gasteiger partial charge is 0.497 e. The molecule has 3 aliphatic rings. The summed E-state index contributed by atoms with van der Waals surface area (Å²) in [7, 11) is 1.60. The molecule has 2 saturated heterocycles. The van der Waals surface area contributed by atoms with Crippen molar-refractivity contribution in [3.05, 3.63) is 35.5 Å². The van der Waals surface area contributed by atoms with E-state index in [1.165, 1.54) is 4.90 Å². The zero-order chi connectivity index (χ0) is 22.5. The van der Waals surface area contributed by atoms with Crippen LogP contribution in [0.25, 0.3) is 5.57 Å². The summed E-state index contributed by atoms with van der Waals surface area (Å²) in [5, 5.41) is 9.22. The van der Waals surface area contributed by atoms with Gasteiger partial charge in [0.1, 0.15) is 11.4 Å². The number of nitrogens with zero attached hydrogens (tertiary/aromatic N) is 4. The molecule has 3 heterocycles. The van der Waals surface area contributed by atoms with Gasteiger partial charge < -0.3 is 19.5 Å². The number of benzene rings is 1. The van der Waals surface area contributed by atoms with Gasteiger partial charge in [0.05, 0.1) is 32.5 Å². The van der Waals surface area contributed by atoms with Crippen molar-refractivity contribution in [1.29, 1.82) is 0 Å². The first-order chi connectivity index (χ1) is 15.6. The van der Waals surface area contributed by atoms with Crippen LogP contribution in [0, 0.1) is 0 Å². The summed E-state index contributed by atoms with van der Waals surface area (Å²) in [6.07, 6.45) is 0. The molecule has 174 valence electrons. The molecule has 0 radical (unpaired) electrons. The average molecular weight is 445 g/mol. The highest BCUT2D eigenvalue weighted by molar-refractivity contribution is 6.35. The number of hydrogen-bond donors (Lipinski definition) is 1. The quantitative estimate of drug-likeness (QED) is 0.548. The van der Waals surface area contributed by atoms with Crippen molar-refractivity contribution in [2.24, 2.45) is 0 Å². The van der Waals surface area contributed by atoms with E-state index in [0.29, 0.717) is 63.0 Å². The van der Waals surface area contributed by atoms with Crippen LogP contribution in [0.2, 0.25) is 0 Å². The fourth-order valence-electron chi connectivity index (χ4n) is 4.48. The SMILES string of the molecule is COc1ccc(C2=C(N3CCN(CCO)CC3)C(=O)N(CCN3CCOCC3)C2=O)cc1. The average Bonchev–Trinajstić information content (AvgIpc) is 3.08. The molecule has 4 rings (SSSR count). The van der Waals surface area contributed by atoms with Crippen molar-refractivity contribution in [3.63, 3.8) is 0 Å². The van der Waals surface area contributed by atoms with Gasteiger partial charge in [-0.3, -0.25) is 24.3 Å². The first-order valence-corrected chi connectivity index (χ1v) is 11.3. The zero-order valence-electron chi connectivity index (χ0n) is 18.7. The Kier molecular flexibility index (Phi) is 7.41. The molecule has 1 aromatic rings. The number of carbonyl (C=O) groups excluding carboxylic acids is 2. The molecular weight excluding hydrogens is 412 g/mol. The maximum atomic E-state index is 13.5. The molecule has 32 heavy (non-hydrogen) atoms. The molecule has 2 amide bonds. The Morgan fingerprint density at radius 1 is 0.875 bits per heavy atom. The lowest BCUT2D eigenvalue weighted by molar-refractivity contribution is -0.138. The Bertz CT molecular complexity index is 842. The normalized spacial score (nSPS) is 21.1. The van der Waals surface area contributed by atoms with Gasteiger partial charge >= 0.3 is 0 Å². The van der Waals surface area contributed by atoms with Gasteiger partial charge in [-0.2, -0.15) is 0 Å². The maximum absolute atomic E-state index is 13.5. The smallest absolute Gasteiger partial charge is 0.277 e. The van der Waals surface area contributed by atoms with Crippen LogP contribution < -0.4 is 4.74 Å². The summed E-state index contributed by atoms with van der Waals surface area (Å²) in [5.41, 5.74) is 1.69. The molecule has 0 unspecified atom stereocenters. The van der Waals surface area contributed by atoms with E-state index in [1.807, 2.05) is 29.2 Å². The van der Waals surface area contributed by atoms with Crippen molar-refractivity contribution >= 4 is 17.4 Å². The number of hydrogen-bond acceptors (Lipinski definition) is 8. The molecule has 1 N–H and O–H groups in total. The Hall–Kier alpha value is -2.46. The van der Waals surface area contributed by atoms with E-state index < -0.39 is 0 Å². The van der Waals surface area contributed by atoms with Gasteiger partial charge in [-0.05, 0) is 17.7 Å². The second-order valence-corrected chi connectivity index (χ2v) is 8.22. The van der Waals surface area contributed by atoms with Crippen LogP contribution in [0.1, 0.15) is 5.56 Å². The lowest BCUT2D eigenvalue weighted by Crippen LogP contribution is -2.48. The fourth-order valence-corrected chi connectivity index (χ4v) is 4.48. The first-order valence-electron chi connectivity index (χ1n) is 11.3. The number of carbonyl (C=O) groups is 2. The number of morpholine rings is 1. The number of β-amino-alcohol motifs (C(OH)–C–C–N with tert-alkyl or cyclic N) is 1. The van der Waals surface area contributed by atoms with Crippen LogP contribution in [0.3, 0.4) is 0 Å². The van der Waals surface area contributed by atoms with Gasteiger partial charge in [0.25, 0.3) is 11.8 Å². The molecule has 0 bridgehead atoms. The molecule has 0 spiro atoms. The predicted octanol–water partition coefficient (Wildman–Crippen LogP) is -0.283. The minimum absolute atomic E-state index is 0.118. The lowest BCUT2D eigenvalue weighted by atomic mass is 10.0. The minimum Gasteiger partial charge on any atom is -0.497 e. The van der Waals surface area contributed by atoms with E-state index in [1.54, 1.807) is 7.11 Å². The van der Waals surface area contributed by atoms with E-state index in [-0.39, 0.29) is 18.4 Å². The third-order valence-electron chi connectivity index (χ3n) is 6.37. The standard InChI is InChI=1S/C23H32N4O5/c1-31-19-4-2-18(3-5-19)20-21(26-9-6-24(7-10-26)12-15-28)23(30)27(22(20)29)11-8-25-13-16-32-17-14-25/h2-5,28H,6-17H2,1H3. The van der Waals surface area contributed by atoms with Crippen LogP contribution in [0.5, 0.6) is 5.75 Å². The van der Waals surface area contributed by atoms with Gasteiger partial charge in [-0.25, -0.2) is 0 Å². The molecule has 0 aromatic heterocycles. The van der Waals surface area contributed by atoms with Gasteiger partial charge in [0.15, 0.2) is 0 Å². The number of piperazine rings is 1. The van der Waals surface area contributed by atoms with Crippen LogP contribution in [-0.4, -0.2) is 122 Å². The van der Waals surface area contributed by atoms with E-state index in [4.69, 9.17) is 9.47 Å². The van der Waals surface area contributed by atoms with Crippen molar-refractivity contribution in [2.45, 2.75) is 0 Å². The highest BCUT2D eigenvalue weighted by Gasteiger charge is 2.42. The van der Waals surface area contributed by atoms with Crippen LogP contribution in [0.15, 0.2) is 30.0 Å². The first kappa shape index (κ1) is 22.7. The van der Waals surface area contributed by atoms with E-state index in [9.17, 15) is 14.7 Å². The lowest BCUT2D eigenvalue weighted by Gasteiger charge is -2.36. The molecule has 0 aliphatic carbocycles. The molecular formula is C23H32N4O5. The Labute approximate surface area is 188 Å².